The second kappa shape index (κ2) is 8.50. The third kappa shape index (κ3) is 4.50. The Morgan fingerprint density at radius 3 is 2.57 bits per heavy atom. The zero-order valence-electron chi connectivity index (χ0n) is 17.9. The van der Waals surface area contributed by atoms with Crippen LogP contribution in [0.2, 0.25) is 0 Å². The van der Waals surface area contributed by atoms with Gasteiger partial charge in [-0.3, -0.25) is 14.3 Å². The summed E-state index contributed by atoms with van der Waals surface area (Å²) in [5.74, 6) is 0.700. The lowest BCUT2D eigenvalue weighted by Crippen LogP contribution is -2.46. The van der Waals surface area contributed by atoms with Crippen molar-refractivity contribution in [3.8, 4) is 5.75 Å². The predicted octanol–water partition coefficient (Wildman–Crippen LogP) is 2.30. The Kier molecular flexibility index (Phi) is 5.79. The number of rotatable bonds is 7. The molecule has 1 aromatic heterocycles. The number of aryl methyl sites for hydroxylation is 2. The fourth-order valence-corrected chi connectivity index (χ4v) is 4.18. The van der Waals surface area contributed by atoms with E-state index in [4.69, 9.17) is 4.74 Å². The Morgan fingerprint density at radius 2 is 1.93 bits per heavy atom. The quantitative estimate of drug-likeness (QED) is 0.760. The molecular formula is C23H30N4O3. The normalized spacial score (nSPS) is 21.0. The summed E-state index contributed by atoms with van der Waals surface area (Å²) in [5, 5.41) is 7.49. The largest absolute Gasteiger partial charge is 0.488 e. The molecule has 7 nitrogen and oxygen atoms in total. The summed E-state index contributed by atoms with van der Waals surface area (Å²) in [7, 11) is 1.91. The molecule has 2 aromatic rings. The van der Waals surface area contributed by atoms with Gasteiger partial charge in [-0.1, -0.05) is 18.2 Å². The van der Waals surface area contributed by atoms with Gasteiger partial charge in [0.15, 0.2) is 0 Å². The van der Waals surface area contributed by atoms with Crippen molar-refractivity contribution in [2.45, 2.75) is 64.1 Å². The highest BCUT2D eigenvalue weighted by atomic mass is 16.5. The minimum Gasteiger partial charge on any atom is -0.488 e. The van der Waals surface area contributed by atoms with E-state index < -0.39 is 6.04 Å². The molecule has 2 amide bonds. The SMILES string of the molecule is Cc1nn(C)c(C)c1CCC(=O)N1C[C@@H](Oc2ccccc2)C[C@H]1C(=O)NC1CC1. The van der Waals surface area contributed by atoms with Gasteiger partial charge in [0, 0.05) is 31.6 Å². The van der Waals surface area contributed by atoms with Crippen molar-refractivity contribution in [3.05, 3.63) is 47.3 Å². The number of carbonyl (C=O) groups is 2. The van der Waals surface area contributed by atoms with Crippen molar-refractivity contribution in [1.82, 2.24) is 20.0 Å². The van der Waals surface area contributed by atoms with Crippen LogP contribution in [0, 0.1) is 13.8 Å². The van der Waals surface area contributed by atoms with Gasteiger partial charge in [-0.2, -0.15) is 5.10 Å². The molecule has 1 aliphatic carbocycles. The Hall–Kier alpha value is -2.83. The maximum absolute atomic E-state index is 13.1. The van der Waals surface area contributed by atoms with Crippen LogP contribution in [0.25, 0.3) is 0 Å². The third-order valence-corrected chi connectivity index (χ3v) is 6.10. The van der Waals surface area contributed by atoms with Gasteiger partial charge in [0.2, 0.25) is 11.8 Å². The molecule has 7 heteroatoms. The Labute approximate surface area is 177 Å². The molecule has 1 aromatic carbocycles. The average molecular weight is 411 g/mol. The number of carbonyl (C=O) groups excluding carboxylic acids is 2. The first-order valence-electron chi connectivity index (χ1n) is 10.7. The first-order chi connectivity index (χ1) is 14.4. The maximum atomic E-state index is 13.1. The number of benzene rings is 1. The highest BCUT2D eigenvalue weighted by Gasteiger charge is 2.41. The highest BCUT2D eigenvalue weighted by molar-refractivity contribution is 5.88. The molecule has 2 aliphatic rings. The first kappa shape index (κ1) is 20.4. The van der Waals surface area contributed by atoms with Crippen LogP contribution in [0.5, 0.6) is 5.75 Å². The number of hydrogen-bond acceptors (Lipinski definition) is 4. The lowest BCUT2D eigenvalue weighted by atomic mass is 10.1. The van der Waals surface area contributed by atoms with E-state index in [9.17, 15) is 9.59 Å². The van der Waals surface area contributed by atoms with Crippen LogP contribution >= 0.6 is 0 Å². The summed E-state index contributed by atoms with van der Waals surface area (Å²) in [4.78, 5) is 27.7. The Bertz CT molecular complexity index is 920. The summed E-state index contributed by atoms with van der Waals surface area (Å²) in [6.07, 6.45) is 3.37. The molecular weight excluding hydrogens is 380 g/mol. The number of para-hydroxylation sites is 1. The molecule has 1 saturated heterocycles. The summed E-state index contributed by atoms with van der Waals surface area (Å²) in [6.45, 7) is 4.42. The molecule has 0 spiro atoms. The summed E-state index contributed by atoms with van der Waals surface area (Å²) in [6, 6.07) is 9.37. The number of ether oxygens (including phenoxy) is 1. The van der Waals surface area contributed by atoms with Crippen LogP contribution < -0.4 is 10.1 Å². The molecule has 0 radical (unpaired) electrons. The monoisotopic (exact) mass is 410 g/mol. The molecule has 2 atom stereocenters. The van der Waals surface area contributed by atoms with E-state index >= 15 is 0 Å². The molecule has 30 heavy (non-hydrogen) atoms. The number of aromatic nitrogens is 2. The van der Waals surface area contributed by atoms with Gasteiger partial charge < -0.3 is 15.0 Å². The molecule has 0 bridgehead atoms. The van der Waals surface area contributed by atoms with Crippen LogP contribution in [0.4, 0.5) is 0 Å². The molecule has 1 N–H and O–H groups in total. The molecule has 0 unspecified atom stereocenters. The van der Waals surface area contributed by atoms with Crippen LogP contribution in [-0.4, -0.2) is 51.2 Å². The number of hydrogen-bond donors (Lipinski definition) is 1. The fourth-order valence-electron chi connectivity index (χ4n) is 4.18. The van der Waals surface area contributed by atoms with Gasteiger partial charge in [-0.15, -0.1) is 0 Å². The Morgan fingerprint density at radius 1 is 1.20 bits per heavy atom. The predicted molar refractivity (Wildman–Crippen MR) is 113 cm³/mol. The summed E-state index contributed by atoms with van der Waals surface area (Å²) >= 11 is 0. The Balaban J connectivity index is 1.44. The average Bonchev–Trinajstić information content (AvgIpc) is 3.38. The van der Waals surface area contributed by atoms with Gasteiger partial charge in [0.05, 0.1) is 12.2 Å². The first-order valence-corrected chi connectivity index (χ1v) is 10.7. The van der Waals surface area contributed by atoms with E-state index in [1.807, 2.05) is 55.9 Å². The van der Waals surface area contributed by atoms with E-state index in [2.05, 4.69) is 10.4 Å². The smallest absolute Gasteiger partial charge is 0.243 e. The van der Waals surface area contributed by atoms with Crippen LogP contribution in [0.3, 0.4) is 0 Å². The highest BCUT2D eigenvalue weighted by Crippen LogP contribution is 2.26. The molecule has 2 heterocycles. The van der Waals surface area contributed by atoms with E-state index in [-0.39, 0.29) is 24.0 Å². The van der Waals surface area contributed by atoms with E-state index in [0.717, 1.165) is 35.5 Å². The van der Waals surface area contributed by atoms with Crippen molar-refractivity contribution in [3.63, 3.8) is 0 Å². The molecule has 2 fully saturated rings. The molecule has 1 saturated carbocycles. The van der Waals surface area contributed by atoms with Gasteiger partial charge in [0.25, 0.3) is 0 Å². The fraction of sp³-hybridized carbons (Fsp3) is 0.522. The molecule has 4 rings (SSSR count). The van der Waals surface area contributed by atoms with Crippen LogP contribution in [0.15, 0.2) is 30.3 Å². The van der Waals surface area contributed by atoms with Crippen LogP contribution in [-0.2, 0) is 23.1 Å². The molecule has 1 aliphatic heterocycles. The van der Waals surface area contributed by atoms with Gasteiger partial charge >= 0.3 is 0 Å². The zero-order valence-corrected chi connectivity index (χ0v) is 17.9. The van der Waals surface area contributed by atoms with Gasteiger partial charge in [-0.25, -0.2) is 0 Å². The third-order valence-electron chi connectivity index (χ3n) is 6.10. The second-order valence-corrected chi connectivity index (χ2v) is 8.41. The maximum Gasteiger partial charge on any atom is 0.243 e. The zero-order chi connectivity index (χ0) is 21.3. The summed E-state index contributed by atoms with van der Waals surface area (Å²) < 4.78 is 7.92. The number of nitrogens with zero attached hydrogens (tertiary/aromatic N) is 3. The van der Waals surface area contributed by atoms with Gasteiger partial charge in [-0.05, 0) is 50.8 Å². The van der Waals surface area contributed by atoms with Crippen molar-refractivity contribution in [1.29, 1.82) is 0 Å². The minimum absolute atomic E-state index is 0.00670. The topological polar surface area (TPSA) is 76.5 Å². The number of amides is 2. The van der Waals surface area contributed by atoms with Crippen molar-refractivity contribution < 1.29 is 14.3 Å². The van der Waals surface area contributed by atoms with E-state index in [1.54, 1.807) is 4.90 Å². The molecule has 160 valence electrons. The van der Waals surface area contributed by atoms with Gasteiger partial charge in [0.1, 0.15) is 17.9 Å². The van der Waals surface area contributed by atoms with Crippen molar-refractivity contribution >= 4 is 11.8 Å². The van der Waals surface area contributed by atoms with Crippen molar-refractivity contribution in [2.24, 2.45) is 7.05 Å². The van der Waals surface area contributed by atoms with E-state index in [0.29, 0.717) is 25.8 Å². The number of likely N-dealkylation sites (tertiary alicyclic amines) is 1. The minimum atomic E-state index is -0.470. The lowest BCUT2D eigenvalue weighted by Gasteiger charge is -2.23. The van der Waals surface area contributed by atoms with Crippen molar-refractivity contribution in [2.75, 3.05) is 6.54 Å². The van der Waals surface area contributed by atoms with E-state index in [1.165, 1.54) is 0 Å². The lowest BCUT2D eigenvalue weighted by molar-refractivity contribution is -0.138. The standard InChI is InChI=1S/C23H30N4O3/c1-15-20(16(2)26(3)25-15)11-12-22(28)27-14-19(30-18-7-5-4-6-8-18)13-21(27)23(29)24-17-9-10-17/h4-8,17,19,21H,9-14H2,1-3H3,(H,24,29)/t19-,21-/m0/s1. The second-order valence-electron chi connectivity index (χ2n) is 8.41. The number of nitrogens with one attached hydrogen (secondary N) is 1. The summed E-state index contributed by atoms with van der Waals surface area (Å²) in [5.41, 5.74) is 3.15. The van der Waals surface area contributed by atoms with Crippen LogP contribution in [0.1, 0.15) is 42.6 Å².